The molecular weight excluding hydrogens is 426 g/mol. The van der Waals surface area contributed by atoms with E-state index < -0.39 is 42.5 Å². The van der Waals surface area contributed by atoms with E-state index in [9.17, 15) is 19.8 Å². The van der Waals surface area contributed by atoms with E-state index in [1.807, 2.05) is 0 Å². The molecule has 0 spiro atoms. The lowest BCUT2D eigenvalue weighted by Gasteiger charge is -2.17. The van der Waals surface area contributed by atoms with Gasteiger partial charge in [-0.1, -0.05) is 0 Å². The van der Waals surface area contributed by atoms with Crippen LogP contribution in [0.2, 0.25) is 0 Å². The van der Waals surface area contributed by atoms with Gasteiger partial charge in [-0.05, 0) is 19.3 Å². The van der Waals surface area contributed by atoms with E-state index in [-0.39, 0.29) is 12.4 Å². The molecule has 3 rings (SSSR count). The van der Waals surface area contributed by atoms with E-state index in [0.29, 0.717) is 37.0 Å². The highest BCUT2D eigenvalue weighted by atomic mass is 16.7. The Hall–Kier alpha value is -3.11. The third kappa shape index (κ3) is 5.38. The van der Waals surface area contributed by atoms with Crippen molar-refractivity contribution in [3.63, 3.8) is 0 Å². The number of aliphatic hydroxyl groups is 2. The highest BCUT2D eigenvalue weighted by molar-refractivity contribution is 5.81. The number of hydroxylamine groups is 1. The summed E-state index contributed by atoms with van der Waals surface area (Å²) in [6.45, 7) is 0.158. The molecule has 5 atom stereocenters. The average Bonchev–Trinajstić information content (AvgIpc) is 3.30. The van der Waals surface area contributed by atoms with Crippen LogP contribution >= 0.6 is 0 Å². The molecule has 2 aromatic rings. The van der Waals surface area contributed by atoms with Gasteiger partial charge < -0.3 is 37.5 Å². The molecule has 0 saturated carbocycles. The number of amides is 3. The number of nitrogens with two attached hydrogens (primary N) is 3. The summed E-state index contributed by atoms with van der Waals surface area (Å²) in [5, 5.41) is 23.2. The van der Waals surface area contributed by atoms with Crippen LogP contribution in [0, 0.1) is 0 Å². The first-order valence-corrected chi connectivity index (χ1v) is 9.94. The van der Waals surface area contributed by atoms with Crippen LogP contribution in [-0.4, -0.2) is 79.2 Å². The van der Waals surface area contributed by atoms with Gasteiger partial charge in [0.05, 0.1) is 12.4 Å². The summed E-state index contributed by atoms with van der Waals surface area (Å²) in [5.41, 5.74) is 19.4. The number of rotatable bonds is 10. The van der Waals surface area contributed by atoms with Gasteiger partial charge in [0.2, 0.25) is 0 Å². The minimum Gasteiger partial charge on any atom is -0.387 e. The summed E-state index contributed by atoms with van der Waals surface area (Å²) in [4.78, 5) is 39.8. The fourth-order valence-electron chi connectivity index (χ4n) is 3.26. The number of fused-ring (bicyclic) bond motifs is 1. The maximum absolute atomic E-state index is 12.0. The molecule has 1 aliphatic rings. The van der Waals surface area contributed by atoms with Crippen molar-refractivity contribution in [3.8, 4) is 0 Å². The number of carbonyl (C=O) groups is 2. The molecule has 1 aliphatic heterocycles. The zero-order valence-corrected chi connectivity index (χ0v) is 17.1. The van der Waals surface area contributed by atoms with Crippen LogP contribution in [0.25, 0.3) is 11.2 Å². The minimum absolute atomic E-state index is 0.171. The van der Waals surface area contributed by atoms with Crippen LogP contribution in [0.5, 0.6) is 0 Å². The predicted octanol–water partition coefficient (Wildman–Crippen LogP) is -2.76. The lowest BCUT2D eigenvalue weighted by molar-refractivity contribution is -0.141. The Bertz CT molecular complexity index is 940. The monoisotopic (exact) mass is 453 g/mol. The zero-order valence-electron chi connectivity index (χ0n) is 17.1. The van der Waals surface area contributed by atoms with E-state index >= 15 is 0 Å². The number of anilines is 1. The summed E-state index contributed by atoms with van der Waals surface area (Å²) in [6, 6.07) is -1.43. The van der Waals surface area contributed by atoms with Gasteiger partial charge in [-0.3, -0.25) is 14.2 Å². The van der Waals surface area contributed by atoms with Crippen LogP contribution in [-0.2, 0) is 14.4 Å². The number of urea groups is 1. The Morgan fingerprint density at radius 3 is 2.78 bits per heavy atom. The van der Waals surface area contributed by atoms with Gasteiger partial charge in [-0.25, -0.2) is 25.2 Å². The maximum Gasteiger partial charge on any atom is 0.312 e. The number of aromatic nitrogens is 4. The molecule has 0 aliphatic carbocycles. The molecular formula is C17H27N9O6. The average molecular weight is 453 g/mol. The first-order valence-electron chi connectivity index (χ1n) is 9.94. The number of ether oxygens (including phenoxy) is 1. The Labute approximate surface area is 182 Å². The summed E-state index contributed by atoms with van der Waals surface area (Å²) in [7, 11) is 0. The van der Waals surface area contributed by atoms with Gasteiger partial charge in [0.15, 0.2) is 17.7 Å². The van der Waals surface area contributed by atoms with Crippen LogP contribution in [0.4, 0.5) is 10.6 Å². The smallest absolute Gasteiger partial charge is 0.312 e. The van der Waals surface area contributed by atoms with Crippen LogP contribution in [0.15, 0.2) is 12.7 Å². The third-order valence-electron chi connectivity index (χ3n) is 5.00. The minimum atomic E-state index is -1.30. The molecule has 176 valence electrons. The summed E-state index contributed by atoms with van der Waals surface area (Å²) >= 11 is 0. The zero-order chi connectivity index (χ0) is 23.3. The largest absolute Gasteiger partial charge is 0.387 e. The number of primary amides is 1. The van der Waals surface area contributed by atoms with Gasteiger partial charge in [0, 0.05) is 6.54 Å². The topological polar surface area (TPSA) is 239 Å². The Balaban J connectivity index is 1.46. The van der Waals surface area contributed by atoms with Crippen molar-refractivity contribution in [1.29, 1.82) is 0 Å². The van der Waals surface area contributed by atoms with Gasteiger partial charge in [-0.2, -0.15) is 0 Å². The van der Waals surface area contributed by atoms with E-state index in [4.69, 9.17) is 26.8 Å². The SMILES string of the molecule is NC(=O)NCCCC[C@H](N)C(=O)NOC[C@H]1O[C@@H](n2cnc3c(N)ncnc32)[C@H](O)[C@@H]1O. The maximum atomic E-state index is 12.0. The molecule has 0 unspecified atom stereocenters. The highest BCUT2D eigenvalue weighted by Gasteiger charge is 2.44. The van der Waals surface area contributed by atoms with Crippen molar-refractivity contribution in [2.45, 2.75) is 49.8 Å². The molecule has 3 heterocycles. The number of nitrogens with one attached hydrogen (secondary N) is 2. The van der Waals surface area contributed by atoms with Crippen molar-refractivity contribution >= 4 is 28.9 Å². The fourth-order valence-corrected chi connectivity index (χ4v) is 3.26. The number of hydrogen-bond donors (Lipinski definition) is 7. The van der Waals surface area contributed by atoms with Crippen molar-refractivity contribution in [2.75, 3.05) is 18.9 Å². The van der Waals surface area contributed by atoms with E-state index in [2.05, 4.69) is 25.7 Å². The van der Waals surface area contributed by atoms with Gasteiger partial charge in [0.1, 0.15) is 36.8 Å². The first-order chi connectivity index (χ1) is 15.3. The number of hydrogen-bond acceptors (Lipinski definition) is 11. The van der Waals surface area contributed by atoms with Crippen molar-refractivity contribution in [1.82, 2.24) is 30.3 Å². The van der Waals surface area contributed by atoms with Crippen LogP contribution in [0.3, 0.4) is 0 Å². The van der Waals surface area contributed by atoms with Crippen molar-refractivity contribution in [2.24, 2.45) is 11.5 Å². The quantitative estimate of drug-likeness (QED) is 0.144. The molecule has 10 N–H and O–H groups in total. The molecule has 15 nitrogen and oxygen atoms in total. The molecule has 0 aromatic carbocycles. The molecule has 2 aromatic heterocycles. The molecule has 3 amide bonds. The van der Waals surface area contributed by atoms with Gasteiger partial charge >= 0.3 is 6.03 Å². The molecule has 0 radical (unpaired) electrons. The highest BCUT2D eigenvalue weighted by Crippen LogP contribution is 2.31. The number of carbonyl (C=O) groups excluding carboxylic acids is 2. The number of nitrogen functional groups attached to an aromatic ring is 1. The Kier molecular flexibility index (Phi) is 7.70. The van der Waals surface area contributed by atoms with Crippen LogP contribution in [0.1, 0.15) is 25.5 Å². The lowest BCUT2D eigenvalue weighted by Crippen LogP contribution is -2.42. The third-order valence-corrected chi connectivity index (χ3v) is 5.00. The number of imidazole rings is 1. The lowest BCUT2D eigenvalue weighted by atomic mass is 10.1. The fraction of sp³-hybridized carbons (Fsp3) is 0.588. The number of nitrogens with zero attached hydrogens (tertiary/aromatic N) is 4. The molecule has 32 heavy (non-hydrogen) atoms. The Morgan fingerprint density at radius 2 is 2.03 bits per heavy atom. The summed E-state index contributed by atoms with van der Waals surface area (Å²) in [5.74, 6) is -0.380. The van der Waals surface area contributed by atoms with Crippen LogP contribution < -0.4 is 28.0 Å². The first kappa shape index (κ1) is 23.6. The molecule has 0 bridgehead atoms. The van der Waals surface area contributed by atoms with E-state index in [0.717, 1.165) is 0 Å². The second kappa shape index (κ2) is 10.5. The molecule has 1 fully saturated rings. The van der Waals surface area contributed by atoms with E-state index in [1.165, 1.54) is 17.2 Å². The molecule has 15 heteroatoms. The van der Waals surface area contributed by atoms with Gasteiger partial charge in [-0.15, -0.1) is 0 Å². The van der Waals surface area contributed by atoms with E-state index in [1.54, 1.807) is 0 Å². The van der Waals surface area contributed by atoms with Crippen molar-refractivity contribution in [3.05, 3.63) is 12.7 Å². The number of aliphatic hydroxyl groups excluding tert-OH is 2. The standard InChI is InChI=1S/C17H27N9O6/c18-8(3-1-2-4-21-17(20)30)15(29)25-31-5-9-11(27)12(28)16(32-9)26-7-24-10-13(19)22-6-23-14(10)26/h6-9,11-12,16,27-28H,1-5,18H2,(H,25,29)(H2,19,22,23)(H3,20,21,30)/t8-,9+,11+,12+,16+/m0/s1. The number of unbranched alkanes of at least 4 members (excludes halogenated alkanes) is 1. The Morgan fingerprint density at radius 1 is 1.25 bits per heavy atom. The second-order valence-corrected chi connectivity index (χ2v) is 7.30. The van der Waals surface area contributed by atoms with Gasteiger partial charge in [0.25, 0.3) is 5.91 Å². The van der Waals surface area contributed by atoms with Crippen molar-refractivity contribution < 1.29 is 29.4 Å². The summed E-state index contributed by atoms with van der Waals surface area (Å²) in [6.07, 6.45) is -0.318. The normalized spacial score (nSPS) is 23.8. The second-order valence-electron chi connectivity index (χ2n) is 7.30. The summed E-state index contributed by atoms with van der Waals surface area (Å²) < 4.78 is 7.13. The predicted molar refractivity (Wildman–Crippen MR) is 109 cm³/mol. The molecule has 1 saturated heterocycles.